The molecule has 0 aliphatic rings. The van der Waals surface area contributed by atoms with Gasteiger partial charge in [-0.3, -0.25) is 0 Å². The number of carbonyl (C=O) groups is 1. The van der Waals surface area contributed by atoms with Crippen molar-refractivity contribution < 1.29 is 9.53 Å². The van der Waals surface area contributed by atoms with E-state index in [1.54, 1.807) is 19.1 Å². The van der Waals surface area contributed by atoms with Crippen LogP contribution in [0.3, 0.4) is 0 Å². The summed E-state index contributed by atoms with van der Waals surface area (Å²) < 4.78 is 5.21. The molecule has 4 heteroatoms. The summed E-state index contributed by atoms with van der Waals surface area (Å²) >= 11 is 5.91. The Bertz CT molecular complexity index is 510. The SMILES string of the molecule is C#Cc1cc(Cl)cc(OC(=O)NC(C)(C)C)c1C. The topological polar surface area (TPSA) is 38.3 Å². The number of amides is 1. The Hall–Kier alpha value is -1.66. The molecule has 0 aliphatic carbocycles. The molecule has 0 saturated carbocycles. The van der Waals surface area contributed by atoms with Gasteiger partial charge in [-0.2, -0.15) is 0 Å². The highest BCUT2D eigenvalue weighted by Gasteiger charge is 2.17. The molecule has 0 bridgehead atoms. The zero-order valence-electron chi connectivity index (χ0n) is 10.9. The van der Waals surface area contributed by atoms with Crippen molar-refractivity contribution in [1.29, 1.82) is 0 Å². The third kappa shape index (κ3) is 3.97. The highest BCUT2D eigenvalue weighted by Crippen LogP contribution is 2.26. The first kappa shape index (κ1) is 14.4. The van der Waals surface area contributed by atoms with E-state index in [1.165, 1.54) is 0 Å². The van der Waals surface area contributed by atoms with Crippen molar-refractivity contribution in [2.45, 2.75) is 33.2 Å². The number of hydrogen-bond donors (Lipinski definition) is 1. The summed E-state index contributed by atoms with van der Waals surface area (Å²) in [6.45, 7) is 7.38. The van der Waals surface area contributed by atoms with Gasteiger partial charge in [-0.1, -0.05) is 17.5 Å². The van der Waals surface area contributed by atoms with Crippen LogP contribution in [0, 0.1) is 19.3 Å². The highest BCUT2D eigenvalue weighted by molar-refractivity contribution is 6.30. The molecular weight excluding hydrogens is 250 g/mol. The van der Waals surface area contributed by atoms with Crippen LogP contribution in [0.25, 0.3) is 0 Å². The van der Waals surface area contributed by atoms with E-state index in [0.29, 0.717) is 21.9 Å². The third-order valence-electron chi connectivity index (χ3n) is 2.16. The van der Waals surface area contributed by atoms with Gasteiger partial charge in [-0.15, -0.1) is 6.42 Å². The molecule has 0 unspecified atom stereocenters. The Morgan fingerprint density at radius 3 is 2.56 bits per heavy atom. The molecule has 3 nitrogen and oxygen atoms in total. The Morgan fingerprint density at radius 2 is 2.06 bits per heavy atom. The predicted molar refractivity (Wildman–Crippen MR) is 73.0 cm³/mol. The lowest BCUT2D eigenvalue weighted by molar-refractivity contribution is 0.190. The molecule has 1 aromatic rings. The molecule has 0 spiro atoms. The number of halogens is 1. The summed E-state index contributed by atoms with van der Waals surface area (Å²) in [6.07, 6.45) is 4.82. The second-order valence-electron chi connectivity index (χ2n) is 4.99. The summed E-state index contributed by atoms with van der Waals surface area (Å²) in [6, 6.07) is 3.23. The monoisotopic (exact) mass is 265 g/mol. The fourth-order valence-electron chi connectivity index (χ4n) is 1.34. The molecule has 0 heterocycles. The molecule has 1 aromatic carbocycles. The molecule has 1 rings (SSSR count). The van der Waals surface area contributed by atoms with Crippen molar-refractivity contribution in [1.82, 2.24) is 5.32 Å². The van der Waals surface area contributed by atoms with Gasteiger partial charge in [0.05, 0.1) is 0 Å². The second-order valence-corrected chi connectivity index (χ2v) is 5.42. The number of benzene rings is 1. The molecule has 0 aliphatic heterocycles. The van der Waals surface area contributed by atoms with Gasteiger partial charge in [0.1, 0.15) is 5.75 Å². The van der Waals surface area contributed by atoms with Crippen LogP contribution in [-0.4, -0.2) is 11.6 Å². The van der Waals surface area contributed by atoms with E-state index in [1.807, 2.05) is 20.8 Å². The quantitative estimate of drug-likeness (QED) is 0.789. The fourth-order valence-corrected chi connectivity index (χ4v) is 1.55. The number of carbonyl (C=O) groups excluding carboxylic acids is 1. The van der Waals surface area contributed by atoms with E-state index >= 15 is 0 Å². The summed E-state index contributed by atoms with van der Waals surface area (Å²) in [5.74, 6) is 2.87. The number of hydrogen-bond acceptors (Lipinski definition) is 2. The number of ether oxygens (including phenoxy) is 1. The van der Waals surface area contributed by atoms with Crippen molar-refractivity contribution in [2.75, 3.05) is 0 Å². The maximum Gasteiger partial charge on any atom is 0.413 e. The van der Waals surface area contributed by atoms with Crippen molar-refractivity contribution in [2.24, 2.45) is 0 Å². The van der Waals surface area contributed by atoms with Crippen LogP contribution >= 0.6 is 11.6 Å². The molecule has 0 atom stereocenters. The summed E-state index contributed by atoms with van der Waals surface area (Å²) in [5.41, 5.74) is 0.963. The van der Waals surface area contributed by atoms with Crippen molar-refractivity contribution in [3.63, 3.8) is 0 Å². The lowest BCUT2D eigenvalue weighted by Gasteiger charge is -2.20. The lowest BCUT2D eigenvalue weighted by Crippen LogP contribution is -2.42. The minimum atomic E-state index is -0.532. The molecule has 0 radical (unpaired) electrons. The lowest BCUT2D eigenvalue weighted by atomic mass is 10.1. The Balaban J connectivity index is 2.95. The van der Waals surface area contributed by atoms with Crippen LogP contribution < -0.4 is 10.1 Å². The summed E-state index contributed by atoms with van der Waals surface area (Å²) in [5, 5.41) is 3.13. The Kier molecular flexibility index (Phi) is 4.26. The standard InChI is InChI=1S/C14H16ClNO2/c1-6-10-7-11(15)8-12(9(10)2)18-13(17)16-14(3,4)5/h1,7-8H,2-5H3,(H,16,17). The van der Waals surface area contributed by atoms with Crippen LogP contribution in [0.2, 0.25) is 5.02 Å². The van der Waals surface area contributed by atoms with Gasteiger partial charge in [0.2, 0.25) is 0 Å². The largest absolute Gasteiger partial charge is 0.413 e. The van der Waals surface area contributed by atoms with Gasteiger partial charge >= 0.3 is 6.09 Å². The smallest absolute Gasteiger partial charge is 0.410 e. The van der Waals surface area contributed by atoms with Gasteiger partial charge in [0.25, 0.3) is 0 Å². The van der Waals surface area contributed by atoms with Crippen LogP contribution in [0.5, 0.6) is 5.75 Å². The first-order valence-corrected chi connectivity index (χ1v) is 5.87. The first-order valence-electron chi connectivity index (χ1n) is 5.49. The number of terminal acetylenes is 1. The second kappa shape index (κ2) is 5.32. The Morgan fingerprint density at radius 1 is 1.44 bits per heavy atom. The zero-order chi connectivity index (χ0) is 13.9. The molecular formula is C14H16ClNO2. The third-order valence-corrected chi connectivity index (χ3v) is 2.38. The number of rotatable bonds is 1. The molecule has 1 N–H and O–H groups in total. The van der Waals surface area contributed by atoms with E-state index in [9.17, 15) is 4.79 Å². The van der Waals surface area contributed by atoms with Crippen LogP contribution in [0.1, 0.15) is 31.9 Å². The van der Waals surface area contributed by atoms with Crippen molar-refractivity contribution in [3.05, 3.63) is 28.3 Å². The van der Waals surface area contributed by atoms with Gasteiger partial charge in [-0.05, 0) is 39.8 Å². The average molecular weight is 266 g/mol. The zero-order valence-corrected chi connectivity index (χ0v) is 11.7. The van der Waals surface area contributed by atoms with Gasteiger partial charge in [0.15, 0.2) is 0 Å². The Labute approximate surface area is 112 Å². The molecule has 18 heavy (non-hydrogen) atoms. The molecule has 0 aromatic heterocycles. The van der Waals surface area contributed by atoms with Gasteiger partial charge < -0.3 is 10.1 Å². The van der Waals surface area contributed by atoms with Gasteiger partial charge in [-0.25, -0.2) is 4.79 Å². The van der Waals surface area contributed by atoms with Crippen LogP contribution in [0.4, 0.5) is 4.79 Å². The summed E-state index contributed by atoms with van der Waals surface area (Å²) in [4.78, 5) is 11.7. The molecule has 0 saturated heterocycles. The summed E-state index contributed by atoms with van der Waals surface area (Å²) in [7, 11) is 0. The van der Waals surface area contributed by atoms with E-state index in [0.717, 1.165) is 0 Å². The molecule has 0 fully saturated rings. The van der Waals surface area contributed by atoms with E-state index in [2.05, 4.69) is 11.2 Å². The van der Waals surface area contributed by atoms with Crippen LogP contribution in [0.15, 0.2) is 12.1 Å². The fraction of sp³-hybridized carbons (Fsp3) is 0.357. The minimum Gasteiger partial charge on any atom is -0.410 e. The molecule has 96 valence electrons. The maximum atomic E-state index is 11.7. The first-order chi connectivity index (χ1) is 8.23. The van der Waals surface area contributed by atoms with E-state index in [4.69, 9.17) is 22.8 Å². The van der Waals surface area contributed by atoms with Crippen molar-refractivity contribution >= 4 is 17.7 Å². The molecule has 1 amide bonds. The highest BCUT2D eigenvalue weighted by atomic mass is 35.5. The van der Waals surface area contributed by atoms with Crippen LogP contribution in [-0.2, 0) is 0 Å². The van der Waals surface area contributed by atoms with E-state index < -0.39 is 6.09 Å². The normalized spacial score (nSPS) is 10.7. The van der Waals surface area contributed by atoms with Crippen molar-refractivity contribution in [3.8, 4) is 18.1 Å². The average Bonchev–Trinajstić information content (AvgIpc) is 2.20. The minimum absolute atomic E-state index is 0.363. The predicted octanol–water partition coefficient (Wildman–Crippen LogP) is 3.52. The number of nitrogens with one attached hydrogen (secondary N) is 1. The van der Waals surface area contributed by atoms with Gasteiger partial charge in [0, 0.05) is 21.7 Å². The van der Waals surface area contributed by atoms with E-state index in [-0.39, 0.29) is 5.54 Å². The maximum absolute atomic E-state index is 11.7.